The number of benzene rings is 3. The minimum atomic E-state index is -4.58. The summed E-state index contributed by atoms with van der Waals surface area (Å²) in [4.78, 5) is 76.1. The monoisotopic (exact) mass is 836 g/mol. The maximum atomic E-state index is 13.6. The van der Waals surface area contributed by atoms with Crippen LogP contribution in [0.3, 0.4) is 0 Å². The Morgan fingerprint density at radius 3 is 1.97 bits per heavy atom. The molecule has 5 fully saturated rings. The number of amides is 5. The summed E-state index contributed by atoms with van der Waals surface area (Å²) in [5, 5.41) is 11.4. The molecular formula is C45H47F3N8O5. The third kappa shape index (κ3) is 7.68. The molecule has 5 saturated heterocycles. The van der Waals surface area contributed by atoms with Crippen LogP contribution in [0.5, 0.6) is 0 Å². The van der Waals surface area contributed by atoms with Gasteiger partial charge in [0.25, 0.3) is 17.7 Å². The zero-order chi connectivity index (χ0) is 42.6. The number of hydrogen-bond donors (Lipinski definition) is 1. The standard InChI is InChI=1S/C45H47F3N8O5/c46-45(47,48)37-26-34(6-3-30(37)27-49)55-20-15-44(28-55)13-18-52(19-14-44)31-4-1-29(2-5-31)41(59)54-23-21-53(22-24-54)32-11-16-51(17-12-32)33-7-8-35-36(25-33)43(61)56(42(35)60)38-9-10-39(57)50-40(38)58/h1-8,25-26,32,38H,9-24,28H2,(H,50,57,58). The molecule has 0 aliphatic carbocycles. The van der Waals surface area contributed by atoms with Gasteiger partial charge in [0.15, 0.2) is 0 Å². The van der Waals surface area contributed by atoms with E-state index in [0.717, 1.165) is 93.7 Å². The molecule has 0 radical (unpaired) electrons. The molecule has 5 amide bonds. The van der Waals surface area contributed by atoms with Gasteiger partial charge in [0, 0.05) is 101 Å². The summed E-state index contributed by atoms with van der Waals surface area (Å²) in [7, 11) is 0. The van der Waals surface area contributed by atoms with Crippen molar-refractivity contribution in [3.8, 4) is 6.07 Å². The Balaban J connectivity index is 0.732. The molecule has 61 heavy (non-hydrogen) atoms. The molecule has 1 unspecified atom stereocenters. The number of nitriles is 1. The molecule has 6 aliphatic rings. The number of piperidine rings is 3. The van der Waals surface area contributed by atoms with Crippen LogP contribution in [0.15, 0.2) is 60.7 Å². The lowest BCUT2D eigenvalue weighted by Crippen LogP contribution is -2.54. The molecule has 6 heterocycles. The molecule has 0 bridgehead atoms. The van der Waals surface area contributed by atoms with Crippen molar-refractivity contribution in [2.45, 2.75) is 63.2 Å². The number of piperazine rings is 1. The van der Waals surface area contributed by atoms with Crippen molar-refractivity contribution < 1.29 is 37.1 Å². The van der Waals surface area contributed by atoms with Crippen LogP contribution in [-0.2, 0) is 15.8 Å². The van der Waals surface area contributed by atoms with Gasteiger partial charge in [-0.05, 0) is 105 Å². The summed E-state index contributed by atoms with van der Waals surface area (Å²) >= 11 is 0. The molecule has 318 valence electrons. The van der Waals surface area contributed by atoms with E-state index in [4.69, 9.17) is 0 Å². The van der Waals surface area contributed by atoms with Crippen LogP contribution in [-0.4, -0.2) is 122 Å². The number of halogens is 3. The van der Waals surface area contributed by atoms with E-state index in [1.165, 1.54) is 6.07 Å². The second-order valence-corrected chi connectivity index (χ2v) is 17.3. The second kappa shape index (κ2) is 15.8. The van der Waals surface area contributed by atoms with Crippen molar-refractivity contribution >= 4 is 46.6 Å². The van der Waals surface area contributed by atoms with Crippen molar-refractivity contribution in [2.75, 3.05) is 80.1 Å². The van der Waals surface area contributed by atoms with Gasteiger partial charge in [-0.25, -0.2) is 0 Å². The highest BCUT2D eigenvalue weighted by molar-refractivity contribution is 6.23. The predicted octanol–water partition coefficient (Wildman–Crippen LogP) is 4.90. The van der Waals surface area contributed by atoms with Crippen molar-refractivity contribution in [3.05, 3.63) is 88.5 Å². The molecule has 1 atom stereocenters. The summed E-state index contributed by atoms with van der Waals surface area (Å²) in [6.45, 7) is 7.38. The molecule has 1 spiro atoms. The molecule has 0 aromatic heterocycles. The number of nitrogens with zero attached hydrogens (tertiary/aromatic N) is 7. The van der Waals surface area contributed by atoms with Crippen molar-refractivity contribution in [2.24, 2.45) is 5.41 Å². The van der Waals surface area contributed by atoms with Crippen molar-refractivity contribution in [3.63, 3.8) is 0 Å². The van der Waals surface area contributed by atoms with E-state index < -0.39 is 41.4 Å². The molecular weight excluding hydrogens is 790 g/mol. The summed E-state index contributed by atoms with van der Waals surface area (Å²) in [6.07, 6.45) is 0.169. The molecule has 0 saturated carbocycles. The largest absolute Gasteiger partial charge is 0.417 e. The van der Waals surface area contributed by atoms with Gasteiger partial charge in [-0.2, -0.15) is 18.4 Å². The Morgan fingerprint density at radius 2 is 1.31 bits per heavy atom. The smallest absolute Gasteiger partial charge is 0.371 e. The lowest BCUT2D eigenvalue weighted by atomic mass is 9.77. The Kier molecular flexibility index (Phi) is 10.5. The number of carbonyl (C=O) groups excluding carboxylic acids is 5. The number of alkyl halides is 3. The Morgan fingerprint density at radius 1 is 0.705 bits per heavy atom. The van der Waals surface area contributed by atoms with E-state index >= 15 is 0 Å². The normalized spacial score (nSPS) is 22.5. The van der Waals surface area contributed by atoms with Gasteiger partial charge < -0.3 is 19.6 Å². The highest BCUT2D eigenvalue weighted by atomic mass is 19.4. The average Bonchev–Trinajstić information content (AvgIpc) is 3.80. The van der Waals surface area contributed by atoms with E-state index in [0.29, 0.717) is 43.5 Å². The van der Waals surface area contributed by atoms with Crippen molar-refractivity contribution in [1.82, 2.24) is 20.0 Å². The second-order valence-electron chi connectivity index (χ2n) is 17.3. The number of imide groups is 2. The van der Waals surface area contributed by atoms with Gasteiger partial charge in [-0.3, -0.25) is 39.1 Å². The Bertz CT molecular complexity index is 2310. The summed E-state index contributed by atoms with van der Waals surface area (Å²) in [6, 6.07) is 18.1. The molecule has 3 aromatic carbocycles. The number of hydrogen-bond acceptors (Lipinski definition) is 10. The molecule has 1 N–H and O–H groups in total. The zero-order valence-electron chi connectivity index (χ0n) is 33.8. The number of anilines is 3. The van der Waals surface area contributed by atoms with Gasteiger partial charge in [0.2, 0.25) is 11.8 Å². The highest BCUT2D eigenvalue weighted by Gasteiger charge is 2.45. The maximum absolute atomic E-state index is 13.6. The predicted molar refractivity (Wildman–Crippen MR) is 219 cm³/mol. The van der Waals surface area contributed by atoms with Crippen LogP contribution in [0.2, 0.25) is 0 Å². The first-order valence-corrected chi connectivity index (χ1v) is 21.2. The number of rotatable bonds is 6. The summed E-state index contributed by atoms with van der Waals surface area (Å²) < 4.78 is 40.8. The number of carbonyl (C=O) groups is 5. The summed E-state index contributed by atoms with van der Waals surface area (Å²) in [5.74, 6) is -2.04. The van der Waals surface area contributed by atoms with Gasteiger partial charge in [-0.15, -0.1) is 0 Å². The molecule has 16 heteroatoms. The van der Waals surface area contributed by atoms with E-state index in [2.05, 4.69) is 20.0 Å². The summed E-state index contributed by atoms with van der Waals surface area (Å²) in [5.41, 5.74) is 2.38. The van der Waals surface area contributed by atoms with E-state index in [-0.39, 0.29) is 40.9 Å². The van der Waals surface area contributed by atoms with Crippen molar-refractivity contribution in [1.29, 1.82) is 5.26 Å². The molecule has 6 aliphatic heterocycles. The van der Waals surface area contributed by atoms with Gasteiger partial charge >= 0.3 is 6.18 Å². The lowest BCUT2D eigenvalue weighted by Gasteiger charge is -2.43. The van der Waals surface area contributed by atoms with Crippen LogP contribution in [0.1, 0.15) is 87.1 Å². The third-order valence-corrected chi connectivity index (χ3v) is 13.9. The SMILES string of the molecule is N#Cc1ccc(N2CCC3(CCN(c4ccc(C(=O)N5CCN(C6CCN(c7ccc8c(c7)C(=O)N(C7CCC(=O)NC7=O)C8=O)CC6)CC5)cc4)CC3)C2)cc1C(F)(F)F. The van der Waals surface area contributed by atoms with Gasteiger partial charge in [-0.1, -0.05) is 0 Å². The van der Waals surface area contributed by atoms with Crippen LogP contribution in [0.4, 0.5) is 30.2 Å². The maximum Gasteiger partial charge on any atom is 0.417 e. The fourth-order valence-corrected chi connectivity index (χ4v) is 10.3. The van der Waals surface area contributed by atoms with E-state index in [1.807, 2.05) is 40.1 Å². The highest BCUT2D eigenvalue weighted by Crippen LogP contribution is 2.44. The van der Waals surface area contributed by atoms with E-state index in [1.54, 1.807) is 24.3 Å². The van der Waals surface area contributed by atoms with Crippen LogP contribution in [0, 0.1) is 16.7 Å². The van der Waals surface area contributed by atoms with Crippen LogP contribution < -0.4 is 20.0 Å². The Labute approximate surface area is 351 Å². The average molecular weight is 837 g/mol. The van der Waals surface area contributed by atoms with Gasteiger partial charge in [0.05, 0.1) is 28.3 Å². The minimum absolute atomic E-state index is 0.0157. The van der Waals surface area contributed by atoms with E-state index in [9.17, 15) is 42.4 Å². The first kappa shape index (κ1) is 40.5. The van der Waals surface area contributed by atoms with Gasteiger partial charge in [0.1, 0.15) is 6.04 Å². The quantitative estimate of drug-likeness (QED) is 0.341. The lowest BCUT2D eigenvalue weighted by molar-refractivity contribution is -0.138. The number of fused-ring (bicyclic) bond motifs is 1. The zero-order valence-corrected chi connectivity index (χ0v) is 33.8. The third-order valence-electron chi connectivity index (χ3n) is 13.9. The van der Waals surface area contributed by atoms with Crippen LogP contribution >= 0.6 is 0 Å². The molecule has 13 nitrogen and oxygen atoms in total. The molecule has 3 aromatic rings. The Hall–Kier alpha value is -5.95. The first-order valence-electron chi connectivity index (χ1n) is 21.2. The fourth-order valence-electron chi connectivity index (χ4n) is 10.3. The fraction of sp³-hybridized carbons (Fsp3) is 0.467. The molecule has 9 rings (SSSR count). The number of nitrogens with one attached hydrogen (secondary N) is 1. The first-order chi connectivity index (χ1) is 29.3. The minimum Gasteiger partial charge on any atom is -0.371 e. The topological polar surface area (TPSA) is 141 Å². The van der Waals surface area contributed by atoms with Crippen LogP contribution in [0.25, 0.3) is 0 Å².